The van der Waals surface area contributed by atoms with Crippen LogP contribution in [0.15, 0.2) is 79.7 Å². The Labute approximate surface area is 357 Å². The number of aromatic amines is 1. The number of anilines is 1. The van der Waals surface area contributed by atoms with Crippen molar-refractivity contribution in [3.8, 4) is 5.69 Å². The molecule has 2 saturated heterocycles. The largest absolute Gasteiger partial charge is 0.438 e. The van der Waals surface area contributed by atoms with E-state index in [0.717, 1.165) is 29.3 Å². The van der Waals surface area contributed by atoms with Gasteiger partial charge in [0, 0.05) is 61.5 Å². The summed E-state index contributed by atoms with van der Waals surface area (Å²) in [6.45, 7) is 9.83. The van der Waals surface area contributed by atoms with E-state index in [1.165, 1.54) is 11.8 Å². The van der Waals surface area contributed by atoms with E-state index in [1.54, 1.807) is 53.6 Å². The van der Waals surface area contributed by atoms with Crippen molar-refractivity contribution >= 4 is 32.6 Å². The number of ether oxygens (including phenoxy) is 1. The van der Waals surface area contributed by atoms with Crippen molar-refractivity contribution in [3.05, 3.63) is 132 Å². The summed E-state index contributed by atoms with van der Waals surface area (Å²) in [5.74, 6) is -0.203. The number of nitrogens with zero attached hydrogens (tertiary/aromatic N) is 6. The molecule has 6 heterocycles. The van der Waals surface area contributed by atoms with Gasteiger partial charge in [-0.3, -0.25) is 19.1 Å². The number of hydrogen-bond donors (Lipinski definition) is 1. The molecule has 0 radical (unpaired) electrons. The van der Waals surface area contributed by atoms with Crippen molar-refractivity contribution in [1.29, 1.82) is 0 Å². The lowest BCUT2D eigenvalue weighted by atomic mass is 9.91. The zero-order chi connectivity index (χ0) is 43.4. The number of carbonyl (C=O) groups excluding carboxylic acids is 1. The second-order valence-corrected chi connectivity index (χ2v) is 19.7. The average Bonchev–Trinajstić information content (AvgIpc) is 3.50. The SMILES string of the molecule is Cc1cc(-n2c(N3CC(c4cccc(S(C)(=O)=O)c4)C3)nc3c(c2=O)CCN(C(=O)c2cc4cc(C5CCOCC5)ccc4n2[C@@]2(c4noc(=O)[nH]4)C[C@H]2C)[C@@H]3C)cc(C)c1F. The maximum Gasteiger partial charge on any atom is 0.438 e. The fraction of sp³-hybridized carbons (Fsp3) is 0.413. The van der Waals surface area contributed by atoms with Crippen LogP contribution in [0.2, 0.25) is 0 Å². The molecule has 3 aliphatic heterocycles. The first-order chi connectivity index (χ1) is 29.6. The molecule has 1 aliphatic carbocycles. The number of hydrogen-bond acceptors (Lipinski definition) is 10. The molecular formula is C46H48FN7O7S. The Kier molecular flexibility index (Phi) is 9.48. The third-order valence-electron chi connectivity index (χ3n) is 13.8. The lowest BCUT2D eigenvalue weighted by Crippen LogP contribution is -2.50. The molecule has 14 nitrogen and oxygen atoms in total. The van der Waals surface area contributed by atoms with Crippen LogP contribution in [0.4, 0.5) is 10.3 Å². The highest BCUT2D eigenvalue weighted by atomic mass is 32.2. The lowest BCUT2D eigenvalue weighted by Gasteiger charge is -2.42. The molecule has 3 aromatic heterocycles. The monoisotopic (exact) mass is 861 g/mol. The minimum atomic E-state index is -3.42. The molecule has 3 fully saturated rings. The van der Waals surface area contributed by atoms with E-state index in [-0.39, 0.29) is 47.0 Å². The molecule has 1 N–H and O–H groups in total. The molecule has 0 bridgehead atoms. The third-order valence-corrected chi connectivity index (χ3v) is 14.9. The topological polar surface area (TPSA) is 166 Å². The van der Waals surface area contributed by atoms with Crippen LogP contribution in [-0.2, 0) is 26.5 Å². The van der Waals surface area contributed by atoms with Crippen LogP contribution in [0, 0.1) is 25.6 Å². The number of rotatable bonds is 8. The normalized spacial score (nSPS) is 21.9. The van der Waals surface area contributed by atoms with Crippen molar-refractivity contribution in [1.82, 2.24) is 29.2 Å². The Balaban J connectivity index is 1.06. The Morgan fingerprint density at radius 3 is 2.32 bits per heavy atom. The number of amides is 1. The van der Waals surface area contributed by atoms with Crippen molar-refractivity contribution in [2.45, 2.75) is 81.7 Å². The van der Waals surface area contributed by atoms with Crippen LogP contribution in [0.5, 0.6) is 0 Å². The number of fused-ring (bicyclic) bond motifs is 2. The summed E-state index contributed by atoms with van der Waals surface area (Å²) in [5.41, 5.74) is 4.46. The number of nitrogens with one attached hydrogen (secondary N) is 1. The molecule has 0 unspecified atom stereocenters. The molecule has 322 valence electrons. The first-order valence-corrected chi connectivity index (χ1v) is 23.1. The van der Waals surface area contributed by atoms with E-state index in [0.29, 0.717) is 84.2 Å². The Morgan fingerprint density at radius 1 is 0.952 bits per heavy atom. The van der Waals surface area contributed by atoms with Gasteiger partial charge in [0.05, 0.1) is 22.3 Å². The maximum absolute atomic E-state index is 15.3. The van der Waals surface area contributed by atoms with Gasteiger partial charge >= 0.3 is 5.76 Å². The minimum Gasteiger partial charge on any atom is -0.381 e. The molecule has 16 heteroatoms. The summed E-state index contributed by atoms with van der Waals surface area (Å²) in [7, 11) is -3.42. The smallest absolute Gasteiger partial charge is 0.381 e. The zero-order valence-corrected chi connectivity index (χ0v) is 36.1. The first kappa shape index (κ1) is 40.2. The number of halogens is 1. The van der Waals surface area contributed by atoms with Crippen molar-refractivity contribution < 1.29 is 26.9 Å². The van der Waals surface area contributed by atoms with E-state index in [2.05, 4.69) is 35.3 Å². The molecule has 62 heavy (non-hydrogen) atoms. The lowest BCUT2D eigenvalue weighted by molar-refractivity contribution is 0.0658. The molecule has 3 aromatic carbocycles. The maximum atomic E-state index is 15.3. The van der Waals surface area contributed by atoms with E-state index >= 15 is 4.79 Å². The second kappa shape index (κ2) is 14.6. The van der Waals surface area contributed by atoms with Crippen molar-refractivity contribution in [2.75, 3.05) is 44.0 Å². The number of benzene rings is 3. The fourth-order valence-corrected chi connectivity index (χ4v) is 10.8. The number of aromatic nitrogens is 5. The quantitative estimate of drug-likeness (QED) is 0.190. The zero-order valence-electron chi connectivity index (χ0n) is 35.3. The fourth-order valence-electron chi connectivity index (χ4n) is 10.2. The van der Waals surface area contributed by atoms with Crippen LogP contribution in [0.3, 0.4) is 0 Å². The van der Waals surface area contributed by atoms with Crippen LogP contribution in [0.25, 0.3) is 16.6 Å². The molecule has 1 saturated carbocycles. The van der Waals surface area contributed by atoms with Crippen LogP contribution in [-0.4, -0.2) is 82.6 Å². The predicted octanol–water partition coefficient (Wildman–Crippen LogP) is 6.06. The predicted molar refractivity (Wildman–Crippen MR) is 230 cm³/mol. The minimum absolute atomic E-state index is 0.0238. The van der Waals surface area contributed by atoms with Gasteiger partial charge in [-0.15, -0.1) is 0 Å². The number of sulfone groups is 1. The van der Waals surface area contributed by atoms with Crippen LogP contribution >= 0.6 is 0 Å². The molecular weight excluding hydrogens is 814 g/mol. The highest BCUT2D eigenvalue weighted by Gasteiger charge is 2.59. The van der Waals surface area contributed by atoms with Gasteiger partial charge in [0.15, 0.2) is 15.7 Å². The summed E-state index contributed by atoms with van der Waals surface area (Å²) in [6, 6.07) is 17.9. The third kappa shape index (κ3) is 6.43. The molecule has 6 aromatic rings. The van der Waals surface area contributed by atoms with Crippen LogP contribution < -0.4 is 16.2 Å². The number of carbonyl (C=O) groups is 1. The average molecular weight is 862 g/mol. The molecule has 3 atom stereocenters. The molecule has 0 spiro atoms. The first-order valence-electron chi connectivity index (χ1n) is 21.2. The Hall–Kier alpha value is -5.87. The summed E-state index contributed by atoms with van der Waals surface area (Å²) < 4.78 is 54.0. The van der Waals surface area contributed by atoms with E-state index in [9.17, 15) is 22.4 Å². The standard InChI is InChI=1S/C46H48FN7O7S/c1-25-17-34(18-26(2)39(25)47)53-41(55)36-11-14-52(28(4)40(36)48-44(53)51-23-33(24-51)30-7-6-8-35(20-30)62(5,58)59)42(56)38-21-32-19-31(29-12-15-60-16-13-29)9-10-37(32)54(38)46(22-27(46)3)43-49-45(57)61-50-43/h6-10,17-21,27-29,33H,11-16,22-24H2,1-5H3,(H,49,50,57)/t27-,28-,46+/m1/s1. The van der Waals surface area contributed by atoms with Crippen molar-refractivity contribution in [3.63, 3.8) is 0 Å². The van der Waals surface area contributed by atoms with Crippen molar-refractivity contribution in [2.24, 2.45) is 5.92 Å². The van der Waals surface area contributed by atoms with Gasteiger partial charge in [0.2, 0.25) is 5.95 Å². The summed E-state index contributed by atoms with van der Waals surface area (Å²) in [6.07, 6.45) is 3.88. The second-order valence-electron chi connectivity index (χ2n) is 17.7. The summed E-state index contributed by atoms with van der Waals surface area (Å²) in [5, 5.41) is 5.05. The van der Waals surface area contributed by atoms with Gasteiger partial charge in [-0.2, -0.15) is 0 Å². The van der Waals surface area contributed by atoms with Gasteiger partial charge in [-0.05, 0) is 123 Å². The Morgan fingerprint density at radius 2 is 1.66 bits per heavy atom. The number of H-pyrrole nitrogens is 1. The van der Waals surface area contributed by atoms with Gasteiger partial charge in [0.25, 0.3) is 11.5 Å². The molecule has 1 amide bonds. The van der Waals surface area contributed by atoms with Gasteiger partial charge < -0.3 is 19.1 Å². The van der Waals surface area contributed by atoms with E-state index in [1.807, 2.05) is 28.5 Å². The van der Waals surface area contributed by atoms with Gasteiger partial charge in [-0.1, -0.05) is 30.3 Å². The van der Waals surface area contributed by atoms with E-state index < -0.39 is 27.2 Å². The highest BCUT2D eigenvalue weighted by molar-refractivity contribution is 7.90. The molecule has 10 rings (SSSR count). The summed E-state index contributed by atoms with van der Waals surface area (Å²) >= 11 is 0. The summed E-state index contributed by atoms with van der Waals surface area (Å²) in [4.78, 5) is 54.4. The van der Waals surface area contributed by atoms with E-state index in [4.69, 9.17) is 14.2 Å². The highest BCUT2D eigenvalue weighted by Crippen LogP contribution is 2.56. The van der Waals surface area contributed by atoms with Gasteiger partial charge in [-0.25, -0.2) is 27.2 Å². The van der Waals surface area contributed by atoms with Crippen LogP contribution in [0.1, 0.15) is 101 Å². The number of aryl methyl sites for hydroxylation is 2. The Bertz CT molecular complexity index is 3030. The van der Waals surface area contributed by atoms with Gasteiger partial charge in [0.1, 0.15) is 17.1 Å². The molecule has 4 aliphatic rings.